The number of nitrogens with one attached hydrogen (secondary N) is 3. The molecule has 0 amide bonds. The van der Waals surface area contributed by atoms with E-state index in [9.17, 15) is 31.1 Å². The Balaban J connectivity index is 0.000000479. The van der Waals surface area contributed by atoms with E-state index in [1.54, 1.807) is 31.3 Å². The number of hydrogen-bond donors (Lipinski definition) is 4. The topological polar surface area (TPSA) is 133 Å². The lowest BCUT2D eigenvalue weighted by Crippen LogP contribution is -2.21. The van der Waals surface area contributed by atoms with Gasteiger partial charge in [0.1, 0.15) is 5.82 Å². The molecule has 0 aliphatic rings. The molecule has 4 N–H and O–H groups in total. The van der Waals surface area contributed by atoms with Gasteiger partial charge >= 0.3 is 24.1 Å². The third-order valence-electron chi connectivity index (χ3n) is 4.43. The van der Waals surface area contributed by atoms with Crippen LogP contribution in [0.15, 0.2) is 51.8 Å². The van der Waals surface area contributed by atoms with Gasteiger partial charge in [-0.25, -0.2) is 14.6 Å². The molecule has 37 heavy (non-hydrogen) atoms. The maximum atomic E-state index is 12.8. The van der Waals surface area contributed by atoms with Crippen LogP contribution in [0.1, 0.15) is 11.1 Å². The lowest BCUT2D eigenvalue weighted by Gasteiger charge is -2.13. The summed E-state index contributed by atoms with van der Waals surface area (Å²) in [6, 6.07) is 8.32. The minimum Gasteiger partial charge on any atom is -0.475 e. The Hall–Kier alpha value is -4.27. The molecule has 0 spiro atoms. The minimum absolute atomic E-state index is 0.164. The first-order valence-electron chi connectivity index (χ1n) is 9.81. The normalized spacial score (nSPS) is 11.6. The first-order valence-corrected chi connectivity index (χ1v) is 10.2. The second-order valence-electron chi connectivity index (χ2n) is 7.20. The number of alkyl halides is 6. The predicted molar refractivity (Wildman–Crippen MR) is 120 cm³/mol. The van der Waals surface area contributed by atoms with E-state index >= 15 is 0 Å². The Morgan fingerprint density at radius 1 is 1.05 bits per heavy atom. The van der Waals surface area contributed by atoms with Crippen LogP contribution in [0.3, 0.4) is 0 Å². The largest absolute Gasteiger partial charge is 0.490 e. The molecule has 16 heteroatoms. The van der Waals surface area contributed by atoms with Crippen LogP contribution in [0.2, 0.25) is 5.02 Å². The van der Waals surface area contributed by atoms with Crippen LogP contribution in [0.5, 0.6) is 0 Å². The summed E-state index contributed by atoms with van der Waals surface area (Å²) in [7, 11) is 0. The first-order chi connectivity index (χ1) is 17.1. The van der Waals surface area contributed by atoms with E-state index in [4.69, 9.17) is 25.9 Å². The van der Waals surface area contributed by atoms with Crippen LogP contribution in [0, 0.1) is 6.92 Å². The van der Waals surface area contributed by atoms with Gasteiger partial charge in [0.05, 0.1) is 16.1 Å². The highest BCUT2D eigenvalue weighted by Gasteiger charge is 2.38. The van der Waals surface area contributed by atoms with Gasteiger partial charge in [-0.2, -0.15) is 31.3 Å². The number of carboxylic acid groups (broad SMARTS) is 1. The van der Waals surface area contributed by atoms with Gasteiger partial charge < -0.3 is 20.2 Å². The van der Waals surface area contributed by atoms with Crippen LogP contribution >= 0.6 is 11.6 Å². The molecule has 0 aliphatic carbocycles. The number of aromatic nitrogens is 3. The lowest BCUT2D eigenvalue weighted by atomic mass is 10.2. The molecule has 2 aromatic heterocycles. The third-order valence-corrected chi connectivity index (χ3v) is 4.74. The van der Waals surface area contributed by atoms with E-state index in [0.29, 0.717) is 28.3 Å². The molecular weight excluding hydrogens is 536 g/mol. The Morgan fingerprint density at radius 2 is 1.68 bits per heavy atom. The number of nitrogens with zero attached hydrogens (tertiary/aromatic N) is 2. The van der Waals surface area contributed by atoms with Crippen molar-refractivity contribution in [1.82, 2.24) is 15.0 Å². The summed E-state index contributed by atoms with van der Waals surface area (Å²) in [4.78, 5) is 31.2. The number of halogens is 7. The zero-order valence-electron chi connectivity index (χ0n) is 18.3. The van der Waals surface area contributed by atoms with Crippen LogP contribution in [-0.4, -0.2) is 32.2 Å². The summed E-state index contributed by atoms with van der Waals surface area (Å²) < 4.78 is 75.2. The number of benzene rings is 2. The van der Waals surface area contributed by atoms with E-state index in [2.05, 4.69) is 25.6 Å². The number of aryl methyl sites for hydroxylation is 1. The Bertz CT molecular complexity index is 1500. The molecule has 0 saturated heterocycles. The third kappa shape index (κ3) is 7.13. The molecule has 0 unspecified atom stereocenters. The zero-order chi connectivity index (χ0) is 27.5. The van der Waals surface area contributed by atoms with Crippen molar-refractivity contribution in [2.75, 3.05) is 10.6 Å². The van der Waals surface area contributed by atoms with Crippen molar-refractivity contribution in [3.63, 3.8) is 0 Å². The average Bonchev–Trinajstić information content (AvgIpc) is 3.14. The summed E-state index contributed by atoms with van der Waals surface area (Å²) in [5.74, 6) is -2.68. The monoisotopic (exact) mass is 549 g/mol. The molecule has 0 fully saturated rings. The van der Waals surface area contributed by atoms with Crippen LogP contribution in [0.4, 0.5) is 49.5 Å². The highest BCUT2D eigenvalue weighted by Crippen LogP contribution is 2.36. The predicted octanol–water partition coefficient (Wildman–Crippen LogP) is 6.01. The summed E-state index contributed by atoms with van der Waals surface area (Å²) >= 11 is 5.75. The van der Waals surface area contributed by atoms with Gasteiger partial charge in [-0.1, -0.05) is 11.6 Å². The van der Waals surface area contributed by atoms with Crippen molar-refractivity contribution < 1.29 is 40.7 Å². The molecule has 0 aliphatic heterocycles. The molecule has 0 atom stereocenters. The molecule has 0 radical (unpaired) electrons. The Kier molecular flexibility index (Phi) is 7.66. The molecule has 4 aromatic rings. The zero-order valence-corrected chi connectivity index (χ0v) is 19.0. The maximum absolute atomic E-state index is 12.8. The number of anilines is 4. The number of H-pyrrole nitrogens is 1. The van der Waals surface area contributed by atoms with E-state index in [1.165, 1.54) is 6.07 Å². The van der Waals surface area contributed by atoms with Crippen molar-refractivity contribution >= 4 is 51.8 Å². The van der Waals surface area contributed by atoms with Crippen molar-refractivity contribution in [3.05, 3.63) is 69.3 Å². The molecule has 4 rings (SSSR count). The standard InChI is InChI=1S/C19H13ClF3N5O2.C2HF3O2/c1-9-8-24-17(26-10-2-4-12(13(20)6-10)19(21,22)23)28-16(9)25-11-3-5-15-14(7-11)27-18(29)30-15;3-2(4,5)1(6)7/h2-8H,1H3,(H,27,29)(H2,24,25,26,28);(H,6,7). The van der Waals surface area contributed by atoms with Crippen molar-refractivity contribution in [2.24, 2.45) is 0 Å². The highest BCUT2D eigenvalue weighted by atomic mass is 35.5. The van der Waals surface area contributed by atoms with E-state index in [1.807, 2.05) is 0 Å². The molecular formula is C21H14ClF6N5O4. The lowest BCUT2D eigenvalue weighted by molar-refractivity contribution is -0.192. The highest BCUT2D eigenvalue weighted by molar-refractivity contribution is 6.31. The average molecular weight is 550 g/mol. The maximum Gasteiger partial charge on any atom is 0.490 e. The fourth-order valence-corrected chi connectivity index (χ4v) is 3.03. The molecule has 0 saturated carbocycles. The summed E-state index contributed by atoms with van der Waals surface area (Å²) in [6.07, 6.45) is -8.06. The van der Waals surface area contributed by atoms with E-state index in [0.717, 1.165) is 17.7 Å². The summed E-state index contributed by atoms with van der Waals surface area (Å²) in [5, 5.41) is 12.6. The summed E-state index contributed by atoms with van der Waals surface area (Å²) in [6.45, 7) is 1.79. The van der Waals surface area contributed by atoms with Gasteiger partial charge in [0, 0.05) is 23.1 Å². The number of rotatable bonds is 4. The van der Waals surface area contributed by atoms with Gasteiger partial charge in [-0.05, 0) is 43.3 Å². The quantitative estimate of drug-likeness (QED) is 0.227. The van der Waals surface area contributed by atoms with E-state index < -0.39 is 34.7 Å². The van der Waals surface area contributed by atoms with Crippen LogP contribution in [0.25, 0.3) is 11.1 Å². The van der Waals surface area contributed by atoms with Gasteiger partial charge in [-0.15, -0.1) is 0 Å². The van der Waals surface area contributed by atoms with Crippen molar-refractivity contribution in [2.45, 2.75) is 19.3 Å². The van der Waals surface area contributed by atoms with Gasteiger partial charge in [0.25, 0.3) is 0 Å². The Morgan fingerprint density at radius 3 is 2.27 bits per heavy atom. The number of oxazole rings is 1. The summed E-state index contributed by atoms with van der Waals surface area (Å²) in [5.41, 5.74) is 1.70. The molecule has 9 nitrogen and oxygen atoms in total. The number of carboxylic acids is 1. The number of hydrogen-bond acceptors (Lipinski definition) is 7. The Labute approximate surface area is 207 Å². The van der Waals surface area contributed by atoms with Gasteiger partial charge in [0.15, 0.2) is 5.58 Å². The molecule has 196 valence electrons. The number of fused-ring (bicyclic) bond motifs is 1. The fraction of sp³-hybridized carbons (Fsp3) is 0.143. The smallest absolute Gasteiger partial charge is 0.475 e. The molecule has 0 bridgehead atoms. The first kappa shape index (κ1) is 27.3. The van der Waals surface area contributed by atoms with Gasteiger partial charge in [0.2, 0.25) is 5.95 Å². The molecule has 2 heterocycles. The van der Waals surface area contributed by atoms with Crippen LogP contribution in [-0.2, 0) is 11.0 Å². The van der Waals surface area contributed by atoms with Crippen LogP contribution < -0.4 is 16.4 Å². The number of aromatic amines is 1. The SMILES string of the molecule is Cc1cnc(Nc2ccc(C(F)(F)F)c(Cl)c2)nc1Nc1ccc2oc(=O)[nH]c2c1.O=C(O)C(F)(F)F. The number of aliphatic carboxylic acids is 1. The minimum atomic E-state index is -5.08. The fourth-order valence-electron chi connectivity index (χ4n) is 2.75. The van der Waals surface area contributed by atoms with Crippen molar-refractivity contribution in [3.8, 4) is 0 Å². The number of carbonyl (C=O) groups is 1. The molecule has 2 aromatic carbocycles. The van der Waals surface area contributed by atoms with Gasteiger partial charge in [-0.3, -0.25) is 4.98 Å². The second kappa shape index (κ2) is 10.4. The van der Waals surface area contributed by atoms with E-state index in [-0.39, 0.29) is 5.95 Å². The second-order valence-corrected chi connectivity index (χ2v) is 7.60. The van der Waals surface area contributed by atoms with Crippen molar-refractivity contribution in [1.29, 1.82) is 0 Å².